The minimum absolute atomic E-state index is 1.08. The van der Waals surface area contributed by atoms with Crippen LogP contribution < -0.4 is 4.90 Å². The molecule has 10 aromatic carbocycles. The Bertz CT molecular complexity index is 3520. The highest BCUT2D eigenvalue weighted by molar-refractivity contribution is 7.26. The summed E-state index contributed by atoms with van der Waals surface area (Å²) in [4.78, 5) is 2.44. The minimum atomic E-state index is 1.08. The zero-order chi connectivity index (χ0) is 40.3. The number of thiophene rings is 1. The average molecular weight is 795 g/mol. The average Bonchev–Trinajstić information content (AvgIpc) is 3.88. The third-order valence-corrected chi connectivity index (χ3v) is 13.4. The van der Waals surface area contributed by atoms with Crippen LogP contribution in [0, 0.1) is 0 Å². The molecule has 0 aliphatic rings. The third kappa shape index (κ3) is 6.01. The van der Waals surface area contributed by atoms with E-state index < -0.39 is 0 Å². The summed E-state index contributed by atoms with van der Waals surface area (Å²) in [6.07, 6.45) is 0. The molecule has 0 atom stereocenters. The van der Waals surface area contributed by atoms with E-state index in [1.54, 1.807) is 0 Å². The van der Waals surface area contributed by atoms with Crippen LogP contribution in [0.3, 0.4) is 0 Å². The fourth-order valence-corrected chi connectivity index (χ4v) is 10.5. The SMILES string of the molecule is c1ccc(-c2ccc(-c3ccc4ccccc4c3)cc2N(c2ccc(-c3cccc4c3sc3ccccc34)cc2)c2ccc(-n3c4ccccc4c4ccccc43)cc2)cc1. The number of anilines is 3. The maximum atomic E-state index is 2.44. The number of hydrogen-bond donors (Lipinski definition) is 0. The summed E-state index contributed by atoms with van der Waals surface area (Å²) in [6.45, 7) is 0. The Morgan fingerprint density at radius 2 is 0.902 bits per heavy atom. The fourth-order valence-electron chi connectivity index (χ4n) is 9.27. The molecule has 286 valence electrons. The summed E-state index contributed by atoms with van der Waals surface area (Å²) >= 11 is 1.88. The summed E-state index contributed by atoms with van der Waals surface area (Å²) in [7, 11) is 0. The minimum Gasteiger partial charge on any atom is -0.310 e. The monoisotopic (exact) mass is 794 g/mol. The van der Waals surface area contributed by atoms with Crippen molar-refractivity contribution in [3.63, 3.8) is 0 Å². The van der Waals surface area contributed by atoms with E-state index in [1.807, 2.05) is 11.3 Å². The van der Waals surface area contributed by atoms with Gasteiger partial charge in [-0.25, -0.2) is 0 Å². The van der Waals surface area contributed by atoms with Gasteiger partial charge in [-0.05, 0) is 105 Å². The smallest absolute Gasteiger partial charge is 0.0546 e. The van der Waals surface area contributed by atoms with Crippen molar-refractivity contribution in [2.45, 2.75) is 0 Å². The highest BCUT2D eigenvalue weighted by atomic mass is 32.1. The van der Waals surface area contributed by atoms with Crippen molar-refractivity contribution in [3.05, 3.63) is 231 Å². The lowest BCUT2D eigenvalue weighted by atomic mass is 9.95. The Balaban J connectivity index is 1.05. The molecule has 0 unspecified atom stereocenters. The van der Waals surface area contributed by atoms with Crippen LogP contribution in [0.5, 0.6) is 0 Å². The summed E-state index contributed by atoms with van der Waals surface area (Å²) in [5, 5.41) is 7.61. The first kappa shape index (κ1) is 35.2. The van der Waals surface area contributed by atoms with E-state index in [9.17, 15) is 0 Å². The second kappa shape index (κ2) is 14.5. The maximum Gasteiger partial charge on any atom is 0.0546 e. The van der Waals surface area contributed by atoms with Crippen molar-refractivity contribution in [2.75, 3.05) is 4.90 Å². The normalized spacial score (nSPS) is 11.6. The van der Waals surface area contributed by atoms with E-state index in [0.29, 0.717) is 0 Å². The maximum absolute atomic E-state index is 2.44. The van der Waals surface area contributed by atoms with Gasteiger partial charge in [0.15, 0.2) is 0 Å². The third-order valence-electron chi connectivity index (χ3n) is 12.2. The Morgan fingerprint density at radius 3 is 1.66 bits per heavy atom. The molecule has 0 spiro atoms. The largest absolute Gasteiger partial charge is 0.310 e. The van der Waals surface area contributed by atoms with E-state index in [1.165, 1.54) is 80.6 Å². The first-order chi connectivity index (χ1) is 30.2. The molecule has 0 amide bonds. The summed E-state index contributed by atoms with van der Waals surface area (Å²) in [5.74, 6) is 0. The van der Waals surface area contributed by atoms with Gasteiger partial charge in [-0.1, -0.05) is 164 Å². The summed E-state index contributed by atoms with van der Waals surface area (Å²) < 4.78 is 5.03. The van der Waals surface area contributed by atoms with Crippen molar-refractivity contribution in [1.82, 2.24) is 4.57 Å². The molecule has 0 aliphatic carbocycles. The molecule has 0 saturated heterocycles. The van der Waals surface area contributed by atoms with E-state index >= 15 is 0 Å². The number of aromatic nitrogens is 1. The first-order valence-corrected chi connectivity index (χ1v) is 21.6. The van der Waals surface area contributed by atoms with Crippen LogP contribution >= 0.6 is 11.3 Å². The zero-order valence-electron chi connectivity index (χ0n) is 33.2. The van der Waals surface area contributed by atoms with E-state index in [0.717, 1.165) is 28.3 Å². The van der Waals surface area contributed by atoms with Gasteiger partial charge >= 0.3 is 0 Å². The van der Waals surface area contributed by atoms with Crippen molar-refractivity contribution in [3.8, 4) is 39.1 Å². The molecular formula is C58H38N2S. The van der Waals surface area contributed by atoms with Crippen LogP contribution in [-0.2, 0) is 0 Å². The molecule has 2 aromatic heterocycles. The first-order valence-electron chi connectivity index (χ1n) is 20.8. The van der Waals surface area contributed by atoms with Crippen molar-refractivity contribution in [1.29, 1.82) is 0 Å². The van der Waals surface area contributed by atoms with Crippen molar-refractivity contribution < 1.29 is 0 Å². The molecule has 0 bridgehead atoms. The van der Waals surface area contributed by atoms with Gasteiger partial charge in [0.1, 0.15) is 0 Å². The van der Waals surface area contributed by atoms with Gasteiger partial charge in [-0.15, -0.1) is 11.3 Å². The zero-order valence-corrected chi connectivity index (χ0v) is 34.1. The quantitative estimate of drug-likeness (QED) is 0.156. The van der Waals surface area contributed by atoms with Crippen LogP contribution in [0.4, 0.5) is 17.1 Å². The number of hydrogen-bond acceptors (Lipinski definition) is 2. The standard InChI is InChI=1S/C58H38N2S/c1-2-14-40(15-3-1)48-36-29-44(43-26-25-39-13-4-5-16-42(39)37-43)38-56(48)59(45-30-27-41(28-31-45)49-20-12-21-53-52-19-8-11-24-57(52)61-58(49)53)46-32-34-47(35-33-46)60-54-22-9-6-17-50(54)51-18-7-10-23-55(51)60/h1-38H. The Morgan fingerprint density at radius 1 is 0.344 bits per heavy atom. The van der Waals surface area contributed by atoms with E-state index in [4.69, 9.17) is 0 Å². The molecule has 0 saturated carbocycles. The van der Waals surface area contributed by atoms with E-state index in [2.05, 4.69) is 240 Å². The lowest BCUT2D eigenvalue weighted by molar-refractivity contribution is 1.17. The van der Waals surface area contributed by atoms with Crippen LogP contribution in [0.2, 0.25) is 0 Å². The molecule has 12 rings (SSSR count). The second-order valence-electron chi connectivity index (χ2n) is 15.7. The molecular weight excluding hydrogens is 757 g/mol. The predicted molar refractivity (Wildman–Crippen MR) is 262 cm³/mol. The van der Waals surface area contributed by atoms with Crippen molar-refractivity contribution in [2.24, 2.45) is 0 Å². The number of nitrogens with zero attached hydrogens (tertiary/aromatic N) is 2. The van der Waals surface area contributed by atoms with Gasteiger partial charge in [-0.2, -0.15) is 0 Å². The van der Waals surface area contributed by atoms with Crippen molar-refractivity contribution >= 4 is 81.1 Å². The number of rotatable bonds is 7. The lowest BCUT2D eigenvalue weighted by Crippen LogP contribution is -2.11. The van der Waals surface area contributed by atoms with Gasteiger partial charge in [0.25, 0.3) is 0 Å². The Hall–Kier alpha value is -7.72. The topological polar surface area (TPSA) is 8.17 Å². The van der Waals surface area contributed by atoms with Crippen LogP contribution in [-0.4, -0.2) is 4.57 Å². The summed E-state index contributed by atoms with van der Waals surface area (Å²) in [6, 6.07) is 84.3. The molecule has 61 heavy (non-hydrogen) atoms. The fraction of sp³-hybridized carbons (Fsp3) is 0. The van der Waals surface area contributed by atoms with Gasteiger partial charge in [0, 0.05) is 53.6 Å². The Kier molecular flexibility index (Phi) is 8.39. The predicted octanol–water partition coefficient (Wildman–Crippen LogP) is 16.8. The molecule has 12 aromatic rings. The lowest BCUT2D eigenvalue weighted by Gasteiger charge is -2.29. The van der Waals surface area contributed by atoms with Crippen LogP contribution in [0.25, 0.3) is 91.8 Å². The highest BCUT2D eigenvalue weighted by Crippen LogP contribution is 2.45. The van der Waals surface area contributed by atoms with Gasteiger partial charge < -0.3 is 9.47 Å². The van der Waals surface area contributed by atoms with Gasteiger partial charge in [0.2, 0.25) is 0 Å². The molecule has 2 heterocycles. The molecule has 0 radical (unpaired) electrons. The van der Waals surface area contributed by atoms with E-state index in [-0.39, 0.29) is 0 Å². The van der Waals surface area contributed by atoms with Crippen LogP contribution in [0.1, 0.15) is 0 Å². The highest BCUT2D eigenvalue weighted by Gasteiger charge is 2.20. The molecule has 2 nitrogen and oxygen atoms in total. The number of fused-ring (bicyclic) bond motifs is 7. The second-order valence-corrected chi connectivity index (χ2v) is 16.8. The Labute approximate surface area is 358 Å². The number of benzene rings is 10. The van der Waals surface area contributed by atoms with Gasteiger partial charge in [-0.3, -0.25) is 0 Å². The summed E-state index contributed by atoms with van der Waals surface area (Å²) in [5.41, 5.74) is 14.0. The van der Waals surface area contributed by atoms with Crippen LogP contribution in [0.15, 0.2) is 231 Å². The molecule has 0 fully saturated rings. The number of para-hydroxylation sites is 2. The van der Waals surface area contributed by atoms with Gasteiger partial charge in [0.05, 0.1) is 16.7 Å². The molecule has 0 N–H and O–H groups in total. The molecule has 0 aliphatic heterocycles. The molecule has 3 heteroatoms.